The summed E-state index contributed by atoms with van der Waals surface area (Å²) in [4.78, 5) is 27.0. The monoisotopic (exact) mass is 377 g/mol. The topological polar surface area (TPSA) is 101 Å². The van der Waals surface area contributed by atoms with Crippen molar-refractivity contribution in [1.82, 2.24) is 25.1 Å². The third kappa shape index (κ3) is 3.41. The molecule has 3 rings (SSSR count). The molecule has 1 saturated heterocycles. The highest BCUT2D eigenvalue weighted by atomic mass is 35.5. The molecule has 9 heteroatoms. The van der Waals surface area contributed by atoms with Gasteiger partial charge >= 0.3 is 5.97 Å². The molecule has 0 spiro atoms. The van der Waals surface area contributed by atoms with Gasteiger partial charge in [-0.25, -0.2) is 0 Å². The number of aliphatic carboxylic acids is 1. The van der Waals surface area contributed by atoms with Crippen molar-refractivity contribution < 1.29 is 14.7 Å². The maximum Gasteiger partial charge on any atom is 0.311 e. The average Bonchev–Trinajstić information content (AvgIpc) is 3.23. The van der Waals surface area contributed by atoms with Gasteiger partial charge in [0, 0.05) is 23.7 Å². The van der Waals surface area contributed by atoms with E-state index in [0.717, 1.165) is 5.56 Å². The SMILES string of the molecule is CC(C)C1(C(=O)O)CCN(C(=O)Cn2nnc(-c3ccc(Cl)cc3)n2)C1. The minimum absolute atomic E-state index is 0.0567. The van der Waals surface area contributed by atoms with Crippen LogP contribution in [0.3, 0.4) is 0 Å². The van der Waals surface area contributed by atoms with Crippen molar-refractivity contribution >= 4 is 23.5 Å². The number of hydrogen-bond acceptors (Lipinski definition) is 5. The van der Waals surface area contributed by atoms with Gasteiger partial charge in [0.1, 0.15) is 6.54 Å². The summed E-state index contributed by atoms with van der Waals surface area (Å²) in [6.07, 6.45) is 0.451. The number of carboxylic acid groups (broad SMARTS) is 1. The standard InChI is InChI=1S/C17H20ClN5O3/c1-11(2)17(16(25)26)7-8-22(10-17)14(24)9-23-20-15(19-21-23)12-3-5-13(18)6-4-12/h3-6,11H,7-10H2,1-2H3,(H,25,26). The summed E-state index contributed by atoms with van der Waals surface area (Å²) in [5.74, 6) is -0.725. The lowest BCUT2D eigenvalue weighted by atomic mass is 9.76. The highest BCUT2D eigenvalue weighted by Gasteiger charge is 2.48. The van der Waals surface area contributed by atoms with Crippen LogP contribution in [-0.4, -0.2) is 55.2 Å². The number of carbonyl (C=O) groups excluding carboxylic acids is 1. The van der Waals surface area contributed by atoms with E-state index in [1.54, 1.807) is 29.2 Å². The Morgan fingerprint density at radius 1 is 1.31 bits per heavy atom. The van der Waals surface area contributed by atoms with Gasteiger partial charge in [0.2, 0.25) is 11.7 Å². The molecule has 1 amide bonds. The Labute approximate surface area is 155 Å². The van der Waals surface area contributed by atoms with E-state index in [9.17, 15) is 14.7 Å². The summed E-state index contributed by atoms with van der Waals surface area (Å²) in [5, 5.41) is 22.3. The molecule has 0 aliphatic carbocycles. The quantitative estimate of drug-likeness (QED) is 0.854. The molecule has 26 heavy (non-hydrogen) atoms. The van der Waals surface area contributed by atoms with Crippen molar-refractivity contribution in [2.75, 3.05) is 13.1 Å². The van der Waals surface area contributed by atoms with Crippen LogP contribution in [0, 0.1) is 11.3 Å². The second kappa shape index (κ2) is 7.03. The predicted molar refractivity (Wildman–Crippen MR) is 94.4 cm³/mol. The van der Waals surface area contributed by atoms with Gasteiger partial charge in [-0.3, -0.25) is 9.59 Å². The van der Waals surface area contributed by atoms with Crippen LogP contribution in [0.2, 0.25) is 5.02 Å². The van der Waals surface area contributed by atoms with Gasteiger partial charge in [-0.2, -0.15) is 4.80 Å². The molecule has 2 aromatic rings. The van der Waals surface area contributed by atoms with E-state index in [1.807, 2.05) is 13.8 Å². The molecule has 1 atom stereocenters. The zero-order valence-electron chi connectivity index (χ0n) is 14.6. The van der Waals surface area contributed by atoms with E-state index in [-0.39, 0.29) is 24.9 Å². The van der Waals surface area contributed by atoms with Gasteiger partial charge in [-0.1, -0.05) is 25.4 Å². The van der Waals surface area contributed by atoms with Crippen molar-refractivity contribution in [3.8, 4) is 11.4 Å². The first kappa shape index (κ1) is 18.3. The maximum atomic E-state index is 12.5. The van der Waals surface area contributed by atoms with Crippen LogP contribution in [-0.2, 0) is 16.1 Å². The van der Waals surface area contributed by atoms with Crippen LogP contribution in [0.15, 0.2) is 24.3 Å². The van der Waals surface area contributed by atoms with Crippen molar-refractivity contribution in [1.29, 1.82) is 0 Å². The van der Waals surface area contributed by atoms with E-state index in [4.69, 9.17) is 11.6 Å². The lowest BCUT2D eigenvalue weighted by Crippen LogP contribution is -2.41. The summed E-state index contributed by atoms with van der Waals surface area (Å²) in [6, 6.07) is 7.00. The lowest BCUT2D eigenvalue weighted by molar-refractivity contribution is -0.151. The normalized spacial score (nSPS) is 19.9. The summed E-state index contributed by atoms with van der Waals surface area (Å²) in [7, 11) is 0. The number of amides is 1. The Bertz CT molecular complexity index is 820. The molecule has 0 radical (unpaired) electrons. The Morgan fingerprint density at radius 3 is 2.58 bits per heavy atom. The maximum absolute atomic E-state index is 12.5. The van der Waals surface area contributed by atoms with Gasteiger partial charge in [0.15, 0.2) is 0 Å². The molecule has 0 bridgehead atoms. The summed E-state index contributed by atoms with van der Waals surface area (Å²) >= 11 is 5.86. The Morgan fingerprint density at radius 2 is 2.00 bits per heavy atom. The number of halogens is 1. The van der Waals surface area contributed by atoms with Crippen LogP contribution in [0.5, 0.6) is 0 Å². The average molecular weight is 378 g/mol. The van der Waals surface area contributed by atoms with Gasteiger partial charge in [-0.15, -0.1) is 10.2 Å². The Hall–Kier alpha value is -2.48. The minimum Gasteiger partial charge on any atom is -0.481 e. The molecule has 1 unspecified atom stereocenters. The number of likely N-dealkylation sites (tertiary alicyclic amines) is 1. The first-order valence-corrected chi connectivity index (χ1v) is 8.74. The first-order valence-electron chi connectivity index (χ1n) is 8.37. The van der Waals surface area contributed by atoms with Crippen LogP contribution < -0.4 is 0 Å². The largest absolute Gasteiger partial charge is 0.481 e. The fourth-order valence-electron chi connectivity index (χ4n) is 3.18. The third-order valence-corrected chi connectivity index (χ3v) is 5.27. The molecule has 2 heterocycles. The summed E-state index contributed by atoms with van der Waals surface area (Å²) < 4.78 is 0. The van der Waals surface area contributed by atoms with E-state index >= 15 is 0 Å². The van der Waals surface area contributed by atoms with Crippen molar-refractivity contribution in [2.24, 2.45) is 11.3 Å². The zero-order chi connectivity index (χ0) is 18.9. The predicted octanol–water partition coefficient (Wildman–Crippen LogP) is 1.95. The van der Waals surface area contributed by atoms with Crippen molar-refractivity contribution in [3.63, 3.8) is 0 Å². The second-order valence-corrected chi connectivity index (χ2v) is 7.27. The summed E-state index contributed by atoms with van der Waals surface area (Å²) in [5.41, 5.74) is -0.140. The number of nitrogens with zero attached hydrogens (tertiary/aromatic N) is 5. The number of rotatable bonds is 5. The molecule has 1 aliphatic heterocycles. The summed E-state index contributed by atoms with van der Waals surface area (Å²) in [6.45, 7) is 4.30. The van der Waals surface area contributed by atoms with Crippen LogP contribution in [0.1, 0.15) is 20.3 Å². The number of aromatic nitrogens is 4. The lowest BCUT2D eigenvalue weighted by Gasteiger charge is -2.28. The van der Waals surface area contributed by atoms with Crippen molar-refractivity contribution in [2.45, 2.75) is 26.8 Å². The number of carbonyl (C=O) groups is 2. The fourth-order valence-corrected chi connectivity index (χ4v) is 3.31. The number of benzene rings is 1. The molecular formula is C17H20ClN5O3. The molecule has 1 fully saturated rings. The fraction of sp³-hybridized carbons (Fsp3) is 0.471. The van der Waals surface area contributed by atoms with Crippen molar-refractivity contribution in [3.05, 3.63) is 29.3 Å². The third-order valence-electron chi connectivity index (χ3n) is 5.02. The van der Waals surface area contributed by atoms with E-state index in [1.165, 1.54) is 4.80 Å². The molecule has 1 aromatic heterocycles. The van der Waals surface area contributed by atoms with Crippen LogP contribution >= 0.6 is 11.6 Å². The minimum atomic E-state index is -0.889. The zero-order valence-corrected chi connectivity index (χ0v) is 15.3. The van der Waals surface area contributed by atoms with E-state index in [0.29, 0.717) is 23.8 Å². The molecule has 0 saturated carbocycles. The second-order valence-electron chi connectivity index (χ2n) is 6.83. The molecular weight excluding hydrogens is 358 g/mol. The van der Waals surface area contributed by atoms with Crippen LogP contribution in [0.25, 0.3) is 11.4 Å². The molecule has 138 valence electrons. The van der Waals surface area contributed by atoms with Gasteiger partial charge in [-0.05, 0) is 41.8 Å². The van der Waals surface area contributed by atoms with Gasteiger partial charge < -0.3 is 10.0 Å². The smallest absolute Gasteiger partial charge is 0.311 e. The molecule has 1 aromatic carbocycles. The van der Waals surface area contributed by atoms with Crippen LogP contribution in [0.4, 0.5) is 0 Å². The number of tetrazole rings is 1. The number of carboxylic acids is 1. The first-order chi connectivity index (χ1) is 12.3. The highest BCUT2D eigenvalue weighted by Crippen LogP contribution is 2.38. The van der Waals surface area contributed by atoms with Gasteiger partial charge in [0.05, 0.1) is 5.41 Å². The van der Waals surface area contributed by atoms with E-state index in [2.05, 4.69) is 15.4 Å². The Kier molecular flexibility index (Phi) is 4.95. The molecule has 8 nitrogen and oxygen atoms in total. The highest BCUT2D eigenvalue weighted by molar-refractivity contribution is 6.30. The Balaban J connectivity index is 1.68. The van der Waals surface area contributed by atoms with Gasteiger partial charge in [0.25, 0.3) is 0 Å². The number of hydrogen-bond donors (Lipinski definition) is 1. The molecule has 1 N–H and O–H groups in total. The van der Waals surface area contributed by atoms with E-state index < -0.39 is 11.4 Å². The molecule has 1 aliphatic rings.